The summed E-state index contributed by atoms with van der Waals surface area (Å²) in [4.78, 5) is 34.9. The second-order valence-electron chi connectivity index (χ2n) is 3.30. The minimum Gasteiger partial charge on any atom is -1.00 e. The zero-order valence-electron chi connectivity index (χ0n) is 11.6. The first-order chi connectivity index (χ1) is 7.99. The van der Waals surface area contributed by atoms with Crippen LogP contribution in [0.1, 0.15) is 14.3 Å². The van der Waals surface area contributed by atoms with Crippen molar-refractivity contribution in [2.24, 2.45) is 11.5 Å². The monoisotopic (exact) mass is 263 g/mol. The molecule has 7 heteroatoms. The van der Waals surface area contributed by atoms with E-state index in [4.69, 9.17) is 11.5 Å². The van der Waals surface area contributed by atoms with Gasteiger partial charge < -0.3 is 12.9 Å². The smallest absolute Gasteiger partial charge is 1.00 e. The van der Waals surface area contributed by atoms with Gasteiger partial charge in [-0.3, -0.25) is 14.4 Å². The summed E-state index contributed by atoms with van der Waals surface area (Å²) in [6.07, 6.45) is 2.58. The third-order valence-electron chi connectivity index (χ3n) is 2.05. The molecule has 0 bridgehead atoms. The minimum atomic E-state index is -0.939. The number of imide groups is 3. The van der Waals surface area contributed by atoms with Gasteiger partial charge in [-0.15, -0.1) is 0 Å². The standard InChI is InChI=1S/C11H17N3O3.Na.H/c1-3-9(15)14(10(16)4-2)11(17)8(13)6-5-7-12;;/h3-4,8H,1-2,5-7,12-13H2;;/q;+1;-1/t8-;;/m0../s1. The van der Waals surface area contributed by atoms with E-state index in [0.29, 0.717) is 24.3 Å². The van der Waals surface area contributed by atoms with E-state index >= 15 is 0 Å². The van der Waals surface area contributed by atoms with Crippen molar-refractivity contribution in [2.45, 2.75) is 18.9 Å². The van der Waals surface area contributed by atoms with Gasteiger partial charge in [-0.25, -0.2) is 4.90 Å². The maximum absolute atomic E-state index is 11.8. The van der Waals surface area contributed by atoms with E-state index in [-0.39, 0.29) is 31.0 Å². The molecule has 0 saturated heterocycles. The Labute approximate surface area is 130 Å². The van der Waals surface area contributed by atoms with Crippen LogP contribution >= 0.6 is 0 Å². The van der Waals surface area contributed by atoms with Crippen LogP contribution in [-0.2, 0) is 14.4 Å². The Bertz CT molecular complexity index is 330. The van der Waals surface area contributed by atoms with E-state index in [9.17, 15) is 14.4 Å². The summed E-state index contributed by atoms with van der Waals surface area (Å²) < 4.78 is 0. The van der Waals surface area contributed by atoms with Crippen molar-refractivity contribution in [1.82, 2.24) is 4.90 Å². The molecule has 6 nitrogen and oxygen atoms in total. The Morgan fingerprint density at radius 1 is 1.22 bits per heavy atom. The van der Waals surface area contributed by atoms with Gasteiger partial charge in [0.1, 0.15) is 0 Å². The Morgan fingerprint density at radius 3 is 2.00 bits per heavy atom. The fraction of sp³-hybridized carbons (Fsp3) is 0.364. The van der Waals surface area contributed by atoms with Crippen LogP contribution in [0.2, 0.25) is 0 Å². The van der Waals surface area contributed by atoms with Crippen LogP contribution in [0.25, 0.3) is 0 Å². The SMILES string of the molecule is C=CC(=O)N(C(=O)C=C)C(=O)[C@@H](N)CCCN.[H-].[Na+]. The van der Waals surface area contributed by atoms with Crippen LogP contribution in [0.5, 0.6) is 0 Å². The molecule has 0 aliphatic heterocycles. The Morgan fingerprint density at radius 2 is 1.67 bits per heavy atom. The van der Waals surface area contributed by atoms with Crippen molar-refractivity contribution >= 4 is 17.7 Å². The average Bonchev–Trinajstić information content (AvgIpc) is 2.35. The number of amides is 3. The summed E-state index contributed by atoms with van der Waals surface area (Å²) in [6.45, 7) is 6.80. The van der Waals surface area contributed by atoms with Gasteiger partial charge in [0.25, 0.3) is 17.7 Å². The van der Waals surface area contributed by atoms with Crippen LogP contribution in [-0.4, -0.2) is 35.2 Å². The number of nitrogens with two attached hydrogens (primary N) is 2. The molecule has 0 unspecified atom stereocenters. The molecular formula is C11H18N3NaO3. The summed E-state index contributed by atoms with van der Waals surface area (Å²) in [5.41, 5.74) is 10.8. The normalized spacial score (nSPS) is 10.8. The van der Waals surface area contributed by atoms with Gasteiger partial charge >= 0.3 is 29.6 Å². The zero-order chi connectivity index (χ0) is 13.4. The van der Waals surface area contributed by atoms with E-state index in [2.05, 4.69) is 13.2 Å². The minimum absolute atomic E-state index is 0. The quantitative estimate of drug-likeness (QED) is 0.381. The Balaban J connectivity index is -0.00000128. The van der Waals surface area contributed by atoms with Crippen molar-refractivity contribution in [3.63, 3.8) is 0 Å². The molecule has 96 valence electrons. The molecule has 0 aliphatic carbocycles. The molecule has 3 amide bonds. The van der Waals surface area contributed by atoms with Crippen LogP contribution in [0.4, 0.5) is 0 Å². The summed E-state index contributed by atoms with van der Waals surface area (Å²) in [6, 6.07) is -0.939. The number of rotatable bonds is 6. The number of hydrogen-bond acceptors (Lipinski definition) is 5. The first kappa shape index (κ1) is 19.5. The molecule has 0 spiro atoms. The molecule has 4 N–H and O–H groups in total. The van der Waals surface area contributed by atoms with E-state index in [0.717, 1.165) is 12.2 Å². The topological polar surface area (TPSA) is 106 Å². The fourth-order valence-electron chi connectivity index (χ4n) is 1.14. The maximum atomic E-state index is 11.8. The van der Waals surface area contributed by atoms with Crippen molar-refractivity contribution in [1.29, 1.82) is 0 Å². The molecule has 0 aromatic carbocycles. The Hall–Kier alpha value is -0.790. The molecule has 0 aliphatic rings. The number of carbonyl (C=O) groups is 3. The summed E-state index contributed by atoms with van der Waals surface area (Å²) >= 11 is 0. The molecule has 1 atom stereocenters. The van der Waals surface area contributed by atoms with E-state index in [1.165, 1.54) is 0 Å². The van der Waals surface area contributed by atoms with Gasteiger partial charge in [0, 0.05) is 0 Å². The molecule has 0 aromatic heterocycles. The van der Waals surface area contributed by atoms with Crippen LogP contribution < -0.4 is 41.0 Å². The number of nitrogens with zero attached hydrogens (tertiary/aromatic N) is 1. The molecule has 0 saturated carbocycles. The van der Waals surface area contributed by atoms with E-state index in [1.807, 2.05) is 0 Å². The number of carbonyl (C=O) groups excluding carboxylic acids is 3. The first-order valence-electron chi connectivity index (χ1n) is 5.12. The molecule has 0 heterocycles. The van der Waals surface area contributed by atoms with Crippen molar-refractivity contribution in [3.05, 3.63) is 25.3 Å². The second-order valence-corrected chi connectivity index (χ2v) is 3.30. The summed E-state index contributed by atoms with van der Waals surface area (Å²) in [5, 5.41) is 0. The maximum Gasteiger partial charge on any atom is 1.00 e. The van der Waals surface area contributed by atoms with Crippen LogP contribution in [0.3, 0.4) is 0 Å². The van der Waals surface area contributed by atoms with Crippen LogP contribution in [0.15, 0.2) is 25.3 Å². The molecule has 18 heavy (non-hydrogen) atoms. The fourth-order valence-corrected chi connectivity index (χ4v) is 1.14. The largest absolute Gasteiger partial charge is 1.00 e. The molecule has 0 rings (SSSR count). The third kappa shape index (κ3) is 5.70. The van der Waals surface area contributed by atoms with E-state index < -0.39 is 23.8 Å². The average molecular weight is 263 g/mol. The zero-order valence-corrected chi connectivity index (χ0v) is 12.6. The van der Waals surface area contributed by atoms with Crippen molar-refractivity contribution in [2.75, 3.05) is 6.54 Å². The van der Waals surface area contributed by atoms with Gasteiger partial charge in [-0.1, -0.05) is 13.2 Å². The summed E-state index contributed by atoms with van der Waals surface area (Å²) in [7, 11) is 0. The predicted octanol–water partition coefficient (Wildman–Crippen LogP) is -3.58. The van der Waals surface area contributed by atoms with Crippen molar-refractivity contribution < 1.29 is 45.4 Å². The molecule has 0 aromatic rings. The van der Waals surface area contributed by atoms with Gasteiger partial charge in [-0.05, 0) is 31.5 Å². The third-order valence-corrected chi connectivity index (χ3v) is 2.05. The Kier molecular flexibility index (Phi) is 11.0. The first-order valence-corrected chi connectivity index (χ1v) is 5.12. The second kappa shape index (κ2) is 10.2. The van der Waals surface area contributed by atoms with Gasteiger partial charge in [0.2, 0.25) is 0 Å². The molecular weight excluding hydrogens is 245 g/mol. The van der Waals surface area contributed by atoms with Gasteiger partial charge in [0.05, 0.1) is 6.04 Å². The number of hydrogen-bond donors (Lipinski definition) is 2. The van der Waals surface area contributed by atoms with Crippen molar-refractivity contribution in [3.8, 4) is 0 Å². The predicted molar refractivity (Wildman–Crippen MR) is 64.6 cm³/mol. The summed E-state index contributed by atoms with van der Waals surface area (Å²) in [5.74, 6) is -2.40. The van der Waals surface area contributed by atoms with Crippen LogP contribution in [0, 0.1) is 0 Å². The van der Waals surface area contributed by atoms with E-state index in [1.54, 1.807) is 0 Å². The molecule has 0 radical (unpaired) electrons. The van der Waals surface area contributed by atoms with Gasteiger partial charge in [-0.2, -0.15) is 0 Å². The molecule has 0 fully saturated rings. The van der Waals surface area contributed by atoms with Gasteiger partial charge in [0.15, 0.2) is 0 Å².